The predicted octanol–water partition coefficient (Wildman–Crippen LogP) is 2.65. The lowest BCUT2D eigenvalue weighted by atomic mass is 9.96. The highest BCUT2D eigenvalue weighted by molar-refractivity contribution is 7.07. The van der Waals surface area contributed by atoms with Gasteiger partial charge < -0.3 is 14.2 Å². The van der Waals surface area contributed by atoms with Crippen molar-refractivity contribution in [2.45, 2.75) is 33.7 Å². The van der Waals surface area contributed by atoms with Crippen LogP contribution >= 0.6 is 11.3 Å². The van der Waals surface area contributed by atoms with Crippen LogP contribution in [0.5, 0.6) is 11.5 Å². The molecule has 2 heterocycles. The molecular formula is C27H24N2O7S. The van der Waals surface area contributed by atoms with Gasteiger partial charge in [0.1, 0.15) is 11.5 Å². The van der Waals surface area contributed by atoms with E-state index >= 15 is 0 Å². The topological polar surface area (TPSA) is 113 Å². The summed E-state index contributed by atoms with van der Waals surface area (Å²) in [5.74, 6) is -1.32. The Bertz CT molecular complexity index is 1600. The Kier molecular flexibility index (Phi) is 7.49. The van der Waals surface area contributed by atoms with Crippen LogP contribution in [-0.4, -0.2) is 29.1 Å². The average molecular weight is 521 g/mol. The number of thiazole rings is 1. The van der Waals surface area contributed by atoms with Crippen molar-refractivity contribution in [1.29, 1.82) is 0 Å². The van der Waals surface area contributed by atoms with E-state index in [1.165, 1.54) is 30.5 Å². The summed E-state index contributed by atoms with van der Waals surface area (Å²) in [6.45, 7) is 6.12. The molecule has 3 aromatic rings. The summed E-state index contributed by atoms with van der Waals surface area (Å²) in [6.07, 6.45) is 1.57. The Morgan fingerprint density at radius 2 is 1.76 bits per heavy atom. The zero-order valence-corrected chi connectivity index (χ0v) is 21.5. The largest absolute Gasteiger partial charge is 0.463 e. The summed E-state index contributed by atoms with van der Waals surface area (Å²) in [5, 5.41) is 0. The molecule has 0 radical (unpaired) electrons. The predicted molar refractivity (Wildman–Crippen MR) is 136 cm³/mol. The maximum Gasteiger partial charge on any atom is 0.338 e. The van der Waals surface area contributed by atoms with Crippen LogP contribution in [0, 0.1) is 0 Å². The second-order valence-corrected chi connectivity index (χ2v) is 9.11. The van der Waals surface area contributed by atoms with E-state index in [9.17, 15) is 19.2 Å². The van der Waals surface area contributed by atoms with Crippen LogP contribution < -0.4 is 24.4 Å². The zero-order valence-electron chi connectivity index (χ0n) is 20.6. The van der Waals surface area contributed by atoms with Gasteiger partial charge in [0.2, 0.25) is 0 Å². The smallest absolute Gasteiger partial charge is 0.338 e. The van der Waals surface area contributed by atoms with Crippen molar-refractivity contribution in [3.8, 4) is 11.5 Å². The molecule has 0 saturated heterocycles. The maximum absolute atomic E-state index is 13.7. The number of nitrogens with zero attached hydrogens (tertiary/aromatic N) is 2. The van der Waals surface area contributed by atoms with Gasteiger partial charge in [-0.15, -0.1) is 0 Å². The molecule has 0 fully saturated rings. The van der Waals surface area contributed by atoms with Crippen molar-refractivity contribution >= 4 is 35.3 Å². The molecule has 1 unspecified atom stereocenters. The number of hydrogen-bond donors (Lipinski definition) is 0. The summed E-state index contributed by atoms with van der Waals surface area (Å²) in [5.41, 5.74) is 1.54. The summed E-state index contributed by atoms with van der Waals surface area (Å²) in [7, 11) is 0. The van der Waals surface area contributed by atoms with Gasteiger partial charge >= 0.3 is 17.9 Å². The number of rotatable bonds is 6. The number of aromatic nitrogens is 1. The Hall–Kier alpha value is -4.31. The van der Waals surface area contributed by atoms with E-state index in [0.29, 0.717) is 26.2 Å². The van der Waals surface area contributed by atoms with E-state index in [2.05, 4.69) is 4.99 Å². The van der Waals surface area contributed by atoms with E-state index in [4.69, 9.17) is 14.2 Å². The van der Waals surface area contributed by atoms with Gasteiger partial charge in [0.15, 0.2) is 4.80 Å². The second-order valence-electron chi connectivity index (χ2n) is 8.10. The van der Waals surface area contributed by atoms with E-state index in [1.54, 1.807) is 26.0 Å². The standard InChI is InChI=1S/C27H24N2O7S/c1-5-34-26(33)23-15(2)28-27-29(24(23)18-9-7-6-8-10-18)25(32)22(37-27)13-19-11-12-20(35-16(3)30)14-21(19)36-17(4)31/h6-14,24H,5H2,1-4H3/b22-13+. The van der Waals surface area contributed by atoms with E-state index < -0.39 is 23.9 Å². The molecule has 1 aliphatic rings. The van der Waals surface area contributed by atoms with Gasteiger partial charge in [-0.3, -0.25) is 19.0 Å². The van der Waals surface area contributed by atoms with Gasteiger partial charge in [0.05, 0.1) is 28.5 Å². The van der Waals surface area contributed by atoms with Crippen LogP contribution in [0.15, 0.2) is 69.6 Å². The first kappa shape index (κ1) is 25.8. The normalized spacial score (nSPS) is 15.0. The molecule has 9 nitrogen and oxygen atoms in total. The fourth-order valence-corrected chi connectivity index (χ4v) is 5.03. The van der Waals surface area contributed by atoms with Crippen molar-refractivity contribution in [2.75, 3.05) is 6.61 Å². The minimum absolute atomic E-state index is 0.125. The molecule has 37 heavy (non-hydrogen) atoms. The third-order valence-electron chi connectivity index (χ3n) is 5.42. The van der Waals surface area contributed by atoms with Crippen LogP contribution in [0.3, 0.4) is 0 Å². The SMILES string of the molecule is CCOC(=O)C1=C(C)N=c2s/c(=C/c3ccc(OC(C)=O)cc3OC(C)=O)c(=O)n2C1c1ccccc1. The van der Waals surface area contributed by atoms with Crippen molar-refractivity contribution in [1.82, 2.24) is 4.57 Å². The molecule has 1 atom stereocenters. The first-order valence-corrected chi connectivity index (χ1v) is 12.3. The van der Waals surface area contributed by atoms with Crippen LogP contribution in [0.1, 0.15) is 44.9 Å². The molecule has 4 rings (SSSR count). The van der Waals surface area contributed by atoms with E-state index in [1.807, 2.05) is 30.3 Å². The van der Waals surface area contributed by atoms with Crippen LogP contribution in [0.25, 0.3) is 6.08 Å². The third-order valence-corrected chi connectivity index (χ3v) is 6.40. The highest BCUT2D eigenvalue weighted by Gasteiger charge is 2.33. The number of benzene rings is 2. The van der Waals surface area contributed by atoms with Crippen LogP contribution in [0.4, 0.5) is 0 Å². The molecule has 0 bridgehead atoms. The monoisotopic (exact) mass is 520 g/mol. The Morgan fingerprint density at radius 1 is 1.05 bits per heavy atom. The molecule has 1 aromatic heterocycles. The molecule has 0 aliphatic carbocycles. The highest BCUT2D eigenvalue weighted by atomic mass is 32.1. The molecule has 0 N–H and O–H groups in total. The van der Waals surface area contributed by atoms with Gasteiger partial charge in [0, 0.05) is 25.5 Å². The van der Waals surface area contributed by atoms with E-state index in [0.717, 1.165) is 16.9 Å². The van der Waals surface area contributed by atoms with E-state index in [-0.39, 0.29) is 23.7 Å². The third kappa shape index (κ3) is 5.44. The molecule has 10 heteroatoms. The summed E-state index contributed by atoms with van der Waals surface area (Å²) >= 11 is 1.14. The minimum Gasteiger partial charge on any atom is -0.463 e. The number of esters is 3. The summed E-state index contributed by atoms with van der Waals surface area (Å²) in [6, 6.07) is 13.0. The molecule has 0 spiro atoms. The summed E-state index contributed by atoms with van der Waals surface area (Å²) < 4.78 is 17.5. The number of allylic oxidation sites excluding steroid dienone is 1. The number of carbonyl (C=O) groups is 3. The van der Waals surface area contributed by atoms with Crippen molar-refractivity contribution in [3.63, 3.8) is 0 Å². The fraction of sp³-hybridized carbons (Fsp3) is 0.222. The lowest BCUT2D eigenvalue weighted by molar-refractivity contribution is -0.139. The molecular weight excluding hydrogens is 496 g/mol. The van der Waals surface area contributed by atoms with Gasteiger partial charge in [-0.05, 0) is 37.6 Å². The van der Waals surface area contributed by atoms with Gasteiger partial charge in [-0.2, -0.15) is 0 Å². The van der Waals surface area contributed by atoms with Crippen molar-refractivity contribution in [2.24, 2.45) is 4.99 Å². The quantitative estimate of drug-likeness (QED) is 0.363. The maximum atomic E-state index is 13.7. The van der Waals surface area contributed by atoms with Crippen molar-refractivity contribution < 1.29 is 28.6 Å². The number of carbonyl (C=O) groups excluding carboxylic acids is 3. The lowest BCUT2D eigenvalue weighted by Gasteiger charge is -2.24. The minimum atomic E-state index is -0.724. The zero-order chi connectivity index (χ0) is 26.7. The molecule has 190 valence electrons. The number of hydrogen-bond acceptors (Lipinski definition) is 9. The highest BCUT2D eigenvalue weighted by Crippen LogP contribution is 2.31. The van der Waals surface area contributed by atoms with Crippen molar-refractivity contribution in [3.05, 3.63) is 90.6 Å². The van der Waals surface area contributed by atoms with Gasteiger partial charge in [0.25, 0.3) is 5.56 Å². The molecule has 2 aromatic carbocycles. The molecule has 0 amide bonds. The molecule has 0 saturated carbocycles. The fourth-order valence-electron chi connectivity index (χ4n) is 3.99. The number of fused-ring (bicyclic) bond motifs is 1. The second kappa shape index (κ2) is 10.8. The average Bonchev–Trinajstić information content (AvgIpc) is 3.14. The van der Waals surface area contributed by atoms with Gasteiger partial charge in [-0.25, -0.2) is 9.79 Å². The Labute approximate surface area is 215 Å². The van der Waals surface area contributed by atoms with Crippen LogP contribution in [0.2, 0.25) is 0 Å². The first-order valence-electron chi connectivity index (χ1n) is 11.4. The first-order chi connectivity index (χ1) is 17.7. The number of ether oxygens (including phenoxy) is 3. The lowest BCUT2D eigenvalue weighted by Crippen LogP contribution is -2.39. The van der Waals surface area contributed by atoms with Gasteiger partial charge in [-0.1, -0.05) is 41.7 Å². The van der Waals surface area contributed by atoms with Crippen LogP contribution in [-0.2, 0) is 19.1 Å². The Morgan fingerprint density at radius 3 is 2.41 bits per heavy atom. The summed E-state index contributed by atoms with van der Waals surface area (Å²) in [4.78, 5) is 54.6. The Balaban J connectivity index is 1.91. The molecule has 1 aliphatic heterocycles.